The quantitative estimate of drug-likeness (QED) is 0.302. The van der Waals surface area contributed by atoms with E-state index >= 15 is 0 Å². The number of hydrogen-bond acceptors (Lipinski definition) is 6. The van der Waals surface area contributed by atoms with Gasteiger partial charge in [-0.2, -0.15) is 0 Å². The Morgan fingerprint density at radius 1 is 1.12 bits per heavy atom. The fourth-order valence-corrected chi connectivity index (χ4v) is 6.29. The van der Waals surface area contributed by atoms with Crippen LogP contribution in [0.15, 0.2) is 54.6 Å². The van der Waals surface area contributed by atoms with E-state index in [1.165, 1.54) is 6.07 Å². The molecule has 2 aliphatic heterocycles. The maximum absolute atomic E-state index is 14.1. The number of halogens is 2. The third-order valence-corrected chi connectivity index (χ3v) is 8.60. The van der Waals surface area contributed by atoms with Gasteiger partial charge in [0.2, 0.25) is 5.88 Å². The zero-order valence-corrected chi connectivity index (χ0v) is 22.4. The summed E-state index contributed by atoms with van der Waals surface area (Å²) in [4.78, 5) is 23.6. The predicted octanol–water partition coefficient (Wildman–Crippen LogP) is 5.14. The van der Waals surface area contributed by atoms with E-state index in [0.717, 1.165) is 48.7 Å². The third kappa shape index (κ3) is 4.82. The summed E-state index contributed by atoms with van der Waals surface area (Å²) in [7, 11) is 0. The number of piperidine rings is 1. The van der Waals surface area contributed by atoms with Gasteiger partial charge in [0.25, 0.3) is 0 Å². The molecule has 1 N–H and O–H groups in total. The molecule has 0 radical (unpaired) electrons. The molecule has 8 nitrogen and oxygen atoms in total. The Morgan fingerprint density at radius 2 is 1.95 bits per heavy atom. The molecule has 3 atom stereocenters. The Hall–Kier alpha value is -3.53. The molecule has 0 amide bonds. The summed E-state index contributed by atoms with van der Waals surface area (Å²) in [6, 6.07) is 15.5. The van der Waals surface area contributed by atoms with Gasteiger partial charge in [0.05, 0.1) is 35.8 Å². The lowest BCUT2D eigenvalue weighted by Crippen LogP contribution is -2.33. The normalized spacial score (nSPS) is 23.6. The smallest absolute Gasteiger partial charge is 0.335 e. The highest BCUT2D eigenvalue weighted by Crippen LogP contribution is 2.58. The summed E-state index contributed by atoms with van der Waals surface area (Å²) in [5.74, 6) is 1.51. The van der Waals surface area contributed by atoms with Crippen molar-refractivity contribution in [2.24, 2.45) is 11.8 Å². The first-order valence-electron chi connectivity index (χ1n) is 13.5. The molecule has 206 valence electrons. The lowest BCUT2D eigenvalue weighted by atomic mass is 10.1. The van der Waals surface area contributed by atoms with Crippen LogP contribution in [0.5, 0.6) is 5.88 Å². The van der Waals surface area contributed by atoms with Crippen molar-refractivity contribution in [2.45, 2.75) is 38.1 Å². The standard InChI is InChI=1S/C30H28ClFN4O4/c31-19-6-4-18(23(32)11-19)16-40-28-3-1-2-25(34-28)29-21-13-35(14-22(21)29)15-27-33-24-7-5-17(30(37)38)10-26(24)36(27)12-20-8-9-39-20/h1-7,10-11,20-22,29H,8-9,12-16H2,(H,37,38)/t20-,21?,22?,29?/m0/s1. The van der Waals surface area contributed by atoms with Crippen LogP contribution in [-0.4, -0.2) is 56.3 Å². The number of hydrogen-bond donors (Lipinski definition) is 1. The van der Waals surface area contributed by atoms with Crippen LogP contribution in [-0.2, 0) is 24.4 Å². The Balaban J connectivity index is 1.02. The van der Waals surface area contributed by atoms with Crippen LogP contribution in [0.3, 0.4) is 0 Å². The summed E-state index contributed by atoms with van der Waals surface area (Å²) in [5, 5.41) is 9.84. The van der Waals surface area contributed by atoms with Crippen LogP contribution >= 0.6 is 11.6 Å². The number of rotatable bonds is 9. The maximum atomic E-state index is 14.1. The SMILES string of the molecule is O=C(O)c1ccc2nc(CN3CC4C(C3)C4c3cccc(OCc4ccc(Cl)cc4F)n3)n(C[C@@H]3CCO3)c2c1. The molecule has 1 aliphatic carbocycles. The summed E-state index contributed by atoms with van der Waals surface area (Å²) < 4.78 is 27.7. The number of benzene rings is 2. The average molecular weight is 563 g/mol. The van der Waals surface area contributed by atoms with Gasteiger partial charge in [-0.1, -0.05) is 23.7 Å². The Kier molecular flexibility index (Phi) is 6.45. The minimum Gasteiger partial charge on any atom is -0.478 e. The van der Waals surface area contributed by atoms with Crippen molar-refractivity contribution in [3.05, 3.63) is 88.1 Å². The summed E-state index contributed by atoms with van der Waals surface area (Å²) in [6.45, 7) is 4.12. The number of nitrogens with zero attached hydrogens (tertiary/aromatic N) is 4. The molecule has 40 heavy (non-hydrogen) atoms. The van der Waals surface area contributed by atoms with Gasteiger partial charge in [0, 0.05) is 48.0 Å². The lowest BCUT2D eigenvalue weighted by molar-refractivity contribution is -0.0591. The molecule has 7 rings (SSSR count). The monoisotopic (exact) mass is 562 g/mol. The van der Waals surface area contributed by atoms with Crippen LogP contribution in [0.2, 0.25) is 5.02 Å². The molecular formula is C30H28ClFN4O4. The highest BCUT2D eigenvalue weighted by Gasteiger charge is 2.57. The van der Waals surface area contributed by atoms with Crippen molar-refractivity contribution in [3.63, 3.8) is 0 Å². The largest absolute Gasteiger partial charge is 0.478 e. The van der Waals surface area contributed by atoms with Crippen molar-refractivity contribution in [1.29, 1.82) is 0 Å². The molecule has 2 saturated heterocycles. The van der Waals surface area contributed by atoms with Gasteiger partial charge in [-0.3, -0.25) is 4.90 Å². The van der Waals surface area contributed by atoms with Crippen molar-refractivity contribution < 1.29 is 23.8 Å². The first kappa shape index (κ1) is 25.4. The van der Waals surface area contributed by atoms with Gasteiger partial charge in [-0.05, 0) is 54.7 Å². The predicted molar refractivity (Wildman–Crippen MR) is 146 cm³/mol. The lowest BCUT2D eigenvalue weighted by Gasteiger charge is -2.28. The molecule has 0 bridgehead atoms. The van der Waals surface area contributed by atoms with Crippen molar-refractivity contribution >= 4 is 28.6 Å². The average Bonchev–Trinajstić information content (AvgIpc) is 3.23. The van der Waals surface area contributed by atoms with Crippen molar-refractivity contribution in [1.82, 2.24) is 19.4 Å². The topological polar surface area (TPSA) is 89.7 Å². The zero-order chi connectivity index (χ0) is 27.4. The molecule has 0 spiro atoms. The van der Waals surface area contributed by atoms with Gasteiger partial charge in [0.1, 0.15) is 18.2 Å². The maximum Gasteiger partial charge on any atom is 0.335 e. The number of carboxylic acid groups (broad SMARTS) is 1. The van der Waals surface area contributed by atoms with Crippen LogP contribution in [0.25, 0.3) is 11.0 Å². The number of ether oxygens (including phenoxy) is 2. The summed E-state index contributed by atoms with van der Waals surface area (Å²) >= 11 is 5.84. The van der Waals surface area contributed by atoms with Crippen molar-refractivity contribution in [3.8, 4) is 5.88 Å². The minimum atomic E-state index is -0.943. The molecule has 10 heteroatoms. The van der Waals surface area contributed by atoms with Crippen molar-refractivity contribution in [2.75, 3.05) is 19.7 Å². The highest BCUT2D eigenvalue weighted by atomic mass is 35.5. The van der Waals surface area contributed by atoms with E-state index in [1.54, 1.807) is 36.4 Å². The fraction of sp³-hybridized carbons (Fsp3) is 0.367. The molecule has 2 aromatic carbocycles. The van der Waals surface area contributed by atoms with E-state index in [1.807, 2.05) is 12.1 Å². The highest BCUT2D eigenvalue weighted by molar-refractivity contribution is 6.30. The number of aromatic nitrogens is 3. The number of fused-ring (bicyclic) bond motifs is 2. The second kappa shape index (κ2) is 10.1. The minimum absolute atomic E-state index is 0.0889. The molecule has 1 saturated carbocycles. The van der Waals surface area contributed by atoms with Gasteiger partial charge in [-0.15, -0.1) is 0 Å². The van der Waals surface area contributed by atoms with E-state index < -0.39 is 11.8 Å². The van der Waals surface area contributed by atoms with E-state index in [2.05, 4.69) is 9.47 Å². The number of imidazole rings is 1. The van der Waals surface area contributed by atoms with Gasteiger partial charge >= 0.3 is 5.97 Å². The molecule has 3 fully saturated rings. The fourth-order valence-electron chi connectivity index (χ4n) is 6.13. The van der Waals surface area contributed by atoms with Gasteiger partial charge in [-0.25, -0.2) is 19.2 Å². The van der Waals surface area contributed by atoms with Crippen LogP contribution < -0.4 is 4.74 Å². The van der Waals surface area contributed by atoms with Crippen LogP contribution in [0, 0.1) is 17.7 Å². The summed E-state index contributed by atoms with van der Waals surface area (Å²) in [6.07, 6.45) is 1.13. The summed E-state index contributed by atoms with van der Waals surface area (Å²) in [5.41, 5.74) is 3.36. The van der Waals surface area contributed by atoms with Gasteiger partial charge < -0.3 is 19.1 Å². The molecule has 4 heterocycles. The Morgan fingerprint density at radius 3 is 2.67 bits per heavy atom. The number of carbonyl (C=O) groups is 1. The first-order valence-corrected chi connectivity index (χ1v) is 13.9. The number of carboxylic acids is 1. The third-order valence-electron chi connectivity index (χ3n) is 8.37. The molecule has 4 aromatic rings. The number of pyridine rings is 1. The van der Waals surface area contributed by atoms with Crippen LogP contribution in [0.1, 0.15) is 39.8 Å². The Bertz CT molecular complexity index is 1590. The second-order valence-electron chi connectivity index (χ2n) is 10.9. The molecule has 3 aliphatic rings. The molecular weight excluding hydrogens is 535 g/mol. The van der Waals surface area contributed by atoms with E-state index in [4.69, 9.17) is 31.0 Å². The second-order valence-corrected chi connectivity index (χ2v) is 11.3. The van der Waals surface area contributed by atoms with Gasteiger partial charge in [0.15, 0.2) is 0 Å². The van der Waals surface area contributed by atoms with E-state index in [-0.39, 0.29) is 18.3 Å². The number of aromatic carboxylic acids is 1. The van der Waals surface area contributed by atoms with E-state index in [0.29, 0.717) is 47.3 Å². The Labute approximate surface area is 235 Å². The zero-order valence-electron chi connectivity index (χ0n) is 21.7. The molecule has 2 unspecified atom stereocenters. The van der Waals surface area contributed by atoms with E-state index in [9.17, 15) is 14.3 Å². The molecule has 2 aromatic heterocycles. The first-order chi connectivity index (χ1) is 19.4. The number of likely N-dealkylation sites (tertiary alicyclic amines) is 1. The van der Waals surface area contributed by atoms with Crippen LogP contribution in [0.4, 0.5) is 4.39 Å².